The molecule has 0 bridgehead atoms. The zero-order chi connectivity index (χ0) is 23.0. The van der Waals surface area contributed by atoms with Crippen LogP contribution < -0.4 is 14.8 Å². The van der Waals surface area contributed by atoms with Crippen LogP contribution in [-0.4, -0.2) is 32.2 Å². The minimum absolute atomic E-state index is 0.136. The van der Waals surface area contributed by atoms with Crippen molar-refractivity contribution in [3.63, 3.8) is 0 Å². The van der Waals surface area contributed by atoms with Gasteiger partial charge in [0.2, 0.25) is 0 Å². The van der Waals surface area contributed by atoms with Gasteiger partial charge in [-0.15, -0.1) is 0 Å². The molecule has 0 atom stereocenters. The van der Waals surface area contributed by atoms with Crippen molar-refractivity contribution in [1.29, 1.82) is 0 Å². The van der Waals surface area contributed by atoms with E-state index >= 15 is 0 Å². The van der Waals surface area contributed by atoms with Gasteiger partial charge in [0.05, 0.1) is 18.4 Å². The first-order chi connectivity index (χ1) is 14.6. The number of amides is 1. The third-order valence-corrected chi connectivity index (χ3v) is 4.05. The molecule has 1 N–H and O–H groups in total. The zero-order valence-electron chi connectivity index (χ0n) is 16.6. The molecule has 0 radical (unpaired) electrons. The van der Waals surface area contributed by atoms with E-state index in [0.29, 0.717) is 11.8 Å². The number of anilines is 1. The summed E-state index contributed by atoms with van der Waals surface area (Å²) in [5.41, 5.74) is -0.747. The van der Waals surface area contributed by atoms with E-state index in [9.17, 15) is 22.8 Å². The molecule has 0 unspecified atom stereocenters. The fourth-order valence-corrected chi connectivity index (χ4v) is 2.64. The van der Waals surface area contributed by atoms with Gasteiger partial charge in [0, 0.05) is 5.02 Å². The second kappa shape index (κ2) is 10.7. The van der Waals surface area contributed by atoms with Gasteiger partial charge in [-0.1, -0.05) is 29.8 Å². The first-order valence-corrected chi connectivity index (χ1v) is 9.27. The van der Waals surface area contributed by atoms with Crippen LogP contribution in [0.5, 0.6) is 11.5 Å². The van der Waals surface area contributed by atoms with Crippen molar-refractivity contribution in [1.82, 2.24) is 0 Å². The van der Waals surface area contributed by atoms with Crippen molar-refractivity contribution in [2.45, 2.75) is 13.1 Å². The van der Waals surface area contributed by atoms with E-state index in [-0.39, 0.29) is 10.8 Å². The average molecular weight is 458 g/mol. The lowest BCUT2D eigenvalue weighted by atomic mass is 10.1. The summed E-state index contributed by atoms with van der Waals surface area (Å²) in [7, 11) is 1.44. The van der Waals surface area contributed by atoms with Gasteiger partial charge < -0.3 is 19.5 Å². The molecule has 0 aromatic heterocycles. The molecule has 0 saturated carbocycles. The van der Waals surface area contributed by atoms with E-state index in [4.69, 9.17) is 25.8 Å². The summed E-state index contributed by atoms with van der Waals surface area (Å²) in [6, 6.07) is 7.96. The maximum atomic E-state index is 13.1. The van der Waals surface area contributed by atoms with Gasteiger partial charge in [-0.25, -0.2) is 4.79 Å². The second-order valence-electron chi connectivity index (χ2n) is 6.10. The second-order valence-corrected chi connectivity index (χ2v) is 6.53. The number of rotatable bonds is 8. The van der Waals surface area contributed by atoms with Crippen LogP contribution in [0.25, 0.3) is 6.08 Å². The van der Waals surface area contributed by atoms with Gasteiger partial charge in [0.1, 0.15) is 0 Å². The van der Waals surface area contributed by atoms with Crippen LogP contribution in [0.15, 0.2) is 42.5 Å². The lowest BCUT2D eigenvalue weighted by Gasteiger charge is -2.14. The summed E-state index contributed by atoms with van der Waals surface area (Å²) >= 11 is 5.59. The standard InChI is InChI=1S/C21H19ClF3NO5/c1-3-4-13-5-8-17(18(9-13)29-2)30-12-20(28)31-11-19(27)26-16-7-6-14(22)10-15(16)21(23,24)25/h3-10H,11-12H2,1-2H3,(H,26,27). The molecule has 0 aliphatic carbocycles. The molecule has 0 aliphatic heterocycles. The first-order valence-electron chi connectivity index (χ1n) is 8.89. The number of carbonyl (C=O) groups is 2. The van der Waals surface area contributed by atoms with Gasteiger partial charge in [-0.3, -0.25) is 4.79 Å². The largest absolute Gasteiger partial charge is 0.493 e. The molecule has 0 heterocycles. The number of halogens is 4. The Labute approximate surface area is 181 Å². The molecular weight excluding hydrogens is 439 g/mol. The number of esters is 1. The summed E-state index contributed by atoms with van der Waals surface area (Å²) in [4.78, 5) is 23.7. The SMILES string of the molecule is CC=Cc1ccc(OCC(=O)OCC(=O)Nc2ccc(Cl)cc2C(F)(F)F)c(OC)c1. The van der Waals surface area contributed by atoms with E-state index < -0.39 is 42.5 Å². The Morgan fingerprint density at radius 3 is 2.48 bits per heavy atom. The first kappa shape index (κ1) is 24.1. The van der Waals surface area contributed by atoms with Crippen LogP contribution >= 0.6 is 11.6 Å². The molecule has 2 aromatic carbocycles. The summed E-state index contributed by atoms with van der Waals surface area (Å²) in [6.07, 6.45) is -1.02. The number of carbonyl (C=O) groups excluding carboxylic acids is 2. The van der Waals surface area contributed by atoms with Gasteiger partial charge in [0.25, 0.3) is 5.91 Å². The Morgan fingerprint density at radius 1 is 1.10 bits per heavy atom. The fraction of sp³-hybridized carbons (Fsp3) is 0.238. The van der Waals surface area contributed by atoms with Crippen molar-refractivity contribution >= 4 is 35.2 Å². The number of methoxy groups -OCH3 is 1. The van der Waals surface area contributed by atoms with Crippen molar-refractivity contribution in [3.05, 3.63) is 58.6 Å². The summed E-state index contributed by atoms with van der Waals surface area (Å²) in [5.74, 6) is -1.16. The molecule has 2 aromatic rings. The third-order valence-electron chi connectivity index (χ3n) is 3.82. The number of alkyl halides is 3. The molecule has 0 saturated heterocycles. The van der Waals surface area contributed by atoms with E-state index in [1.165, 1.54) is 13.2 Å². The predicted octanol–water partition coefficient (Wildman–Crippen LogP) is 4.96. The van der Waals surface area contributed by atoms with Crippen LogP contribution in [-0.2, 0) is 20.5 Å². The molecule has 0 aliphatic rings. The minimum Gasteiger partial charge on any atom is -0.493 e. The number of hydrogen-bond acceptors (Lipinski definition) is 5. The predicted molar refractivity (Wildman–Crippen MR) is 109 cm³/mol. The Balaban J connectivity index is 1.90. The molecule has 10 heteroatoms. The lowest BCUT2D eigenvalue weighted by molar-refractivity contribution is -0.149. The molecule has 166 valence electrons. The molecule has 1 amide bonds. The van der Waals surface area contributed by atoms with Gasteiger partial charge in [0.15, 0.2) is 24.7 Å². The van der Waals surface area contributed by atoms with Crippen LogP contribution in [0.2, 0.25) is 5.02 Å². The van der Waals surface area contributed by atoms with E-state index in [1.807, 2.05) is 24.4 Å². The van der Waals surface area contributed by atoms with Gasteiger partial charge in [-0.2, -0.15) is 13.2 Å². The number of allylic oxidation sites excluding steroid dienone is 1. The molecule has 0 fully saturated rings. The highest BCUT2D eigenvalue weighted by Gasteiger charge is 2.34. The minimum atomic E-state index is -4.72. The number of benzene rings is 2. The topological polar surface area (TPSA) is 73.9 Å². The molecule has 0 spiro atoms. The van der Waals surface area contributed by atoms with Crippen molar-refractivity contribution in [2.75, 3.05) is 25.6 Å². The number of hydrogen-bond donors (Lipinski definition) is 1. The van der Waals surface area contributed by atoms with E-state index in [2.05, 4.69) is 0 Å². The van der Waals surface area contributed by atoms with E-state index in [0.717, 1.165) is 11.6 Å². The third kappa shape index (κ3) is 7.21. The lowest BCUT2D eigenvalue weighted by Crippen LogP contribution is -2.24. The quantitative estimate of drug-likeness (QED) is 0.567. The molecule has 2 rings (SSSR count). The number of ether oxygens (including phenoxy) is 3. The highest BCUT2D eigenvalue weighted by molar-refractivity contribution is 6.30. The summed E-state index contributed by atoms with van der Waals surface area (Å²) < 4.78 is 54.5. The highest BCUT2D eigenvalue weighted by Crippen LogP contribution is 2.36. The van der Waals surface area contributed by atoms with Crippen LogP contribution in [0.3, 0.4) is 0 Å². The van der Waals surface area contributed by atoms with Crippen LogP contribution in [0, 0.1) is 0 Å². The maximum Gasteiger partial charge on any atom is 0.418 e. The smallest absolute Gasteiger partial charge is 0.418 e. The Morgan fingerprint density at radius 2 is 1.84 bits per heavy atom. The molecular formula is C21H19ClF3NO5. The van der Waals surface area contributed by atoms with Crippen LogP contribution in [0.1, 0.15) is 18.1 Å². The maximum absolute atomic E-state index is 13.1. The van der Waals surface area contributed by atoms with Crippen molar-refractivity contribution < 1.29 is 37.0 Å². The van der Waals surface area contributed by atoms with Gasteiger partial charge >= 0.3 is 12.1 Å². The Bertz CT molecular complexity index is 976. The molecule has 31 heavy (non-hydrogen) atoms. The fourth-order valence-electron chi connectivity index (χ4n) is 2.47. The normalized spacial score (nSPS) is 11.3. The van der Waals surface area contributed by atoms with E-state index in [1.54, 1.807) is 18.2 Å². The monoisotopic (exact) mass is 457 g/mol. The summed E-state index contributed by atoms with van der Waals surface area (Å²) in [5, 5.41) is 1.91. The summed E-state index contributed by atoms with van der Waals surface area (Å²) in [6.45, 7) is 0.542. The Kier molecular flexibility index (Phi) is 8.32. The van der Waals surface area contributed by atoms with Crippen molar-refractivity contribution in [2.24, 2.45) is 0 Å². The zero-order valence-corrected chi connectivity index (χ0v) is 17.3. The van der Waals surface area contributed by atoms with Gasteiger partial charge in [-0.05, 0) is 42.8 Å². The van der Waals surface area contributed by atoms with Crippen LogP contribution in [0.4, 0.5) is 18.9 Å². The Hall–Kier alpha value is -3.20. The average Bonchev–Trinajstić information content (AvgIpc) is 2.72. The number of nitrogens with one attached hydrogen (secondary N) is 1. The highest BCUT2D eigenvalue weighted by atomic mass is 35.5. The molecule has 6 nitrogen and oxygen atoms in total. The van der Waals surface area contributed by atoms with Crippen molar-refractivity contribution in [3.8, 4) is 11.5 Å².